The van der Waals surface area contributed by atoms with Gasteiger partial charge in [0.05, 0.1) is 5.52 Å². The third-order valence-electron chi connectivity index (χ3n) is 5.92. The number of carbonyl (C=O) groups is 1. The van der Waals surface area contributed by atoms with Crippen molar-refractivity contribution < 1.29 is 4.79 Å². The fourth-order valence-corrected chi connectivity index (χ4v) is 4.12. The maximum absolute atomic E-state index is 12.7. The van der Waals surface area contributed by atoms with Gasteiger partial charge in [0.2, 0.25) is 0 Å². The highest BCUT2D eigenvalue weighted by Crippen LogP contribution is 2.33. The second kappa shape index (κ2) is 7.06. The quantitative estimate of drug-likeness (QED) is 0.698. The van der Waals surface area contributed by atoms with Crippen molar-refractivity contribution in [3.05, 3.63) is 51.9 Å². The van der Waals surface area contributed by atoms with Crippen LogP contribution in [0.25, 0.3) is 10.9 Å². The Bertz CT molecular complexity index is 1140. The van der Waals surface area contributed by atoms with Gasteiger partial charge in [0.15, 0.2) is 5.82 Å². The smallest absolute Gasteiger partial charge is 0.261 e. The minimum atomic E-state index is -0.149. The molecule has 7 nitrogen and oxygen atoms in total. The van der Waals surface area contributed by atoms with Crippen molar-refractivity contribution >= 4 is 28.3 Å². The van der Waals surface area contributed by atoms with Gasteiger partial charge in [-0.3, -0.25) is 14.3 Å². The number of aromatic amines is 1. The van der Waals surface area contributed by atoms with E-state index in [0.717, 1.165) is 54.8 Å². The van der Waals surface area contributed by atoms with Crippen molar-refractivity contribution in [2.45, 2.75) is 39.2 Å². The van der Waals surface area contributed by atoms with E-state index in [1.165, 1.54) is 12.8 Å². The van der Waals surface area contributed by atoms with E-state index in [2.05, 4.69) is 15.4 Å². The van der Waals surface area contributed by atoms with Crippen LogP contribution in [0.4, 0.5) is 11.5 Å². The monoisotopic (exact) mass is 391 g/mol. The van der Waals surface area contributed by atoms with E-state index in [0.29, 0.717) is 17.1 Å². The summed E-state index contributed by atoms with van der Waals surface area (Å²) in [5.41, 5.74) is 3.17. The van der Waals surface area contributed by atoms with Crippen molar-refractivity contribution in [1.29, 1.82) is 0 Å². The number of benzene rings is 1. The lowest BCUT2D eigenvalue weighted by Gasteiger charge is -2.17. The lowest BCUT2D eigenvalue weighted by Crippen LogP contribution is -2.28. The summed E-state index contributed by atoms with van der Waals surface area (Å²) in [5, 5.41) is 8.56. The molecule has 1 aromatic carbocycles. The second-order valence-corrected chi connectivity index (χ2v) is 8.20. The minimum absolute atomic E-state index is 0.0992. The first-order valence-electron chi connectivity index (χ1n) is 10.4. The fourth-order valence-electron chi connectivity index (χ4n) is 4.12. The standard InChI is InChI=1S/C22H25N5O2/c1-14-12-16(6-7-17(14)22(29)26-10-2-3-11-26)24-20-19-18(8-9-23-21(19)28)27(25-20)13-15-4-5-15/h6-9,12,15H,2-5,10-11,13H2,1H3,(H,23,28)(H,24,25). The lowest BCUT2D eigenvalue weighted by molar-refractivity contribution is 0.0792. The minimum Gasteiger partial charge on any atom is -0.339 e. The zero-order chi connectivity index (χ0) is 20.0. The number of carbonyl (C=O) groups excluding carboxylic acids is 1. The van der Waals surface area contributed by atoms with Crippen molar-refractivity contribution in [2.75, 3.05) is 18.4 Å². The predicted octanol–water partition coefficient (Wildman–Crippen LogP) is 3.42. The highest BCUT2D eigenvalue weighted by molar-refractivity contribution is 5.96. The van der Waals surface area contributed by atoms with Crippen molar-refractivity contribution in [2.24, 2.45) is 5.92 Å². The molecule has 1 amide bonds. The van der Waals surface area contributed by atoms with Crippen LogP contribution in [0.1, 0.15) is 41.6 Å². The van der Waals surface area contributed by atoms with Crippen LogP contribution < -0.4 is 10.9 Å². The second-order valence-electron chi connectivity index (χ2n) is 8.20. The highest BCUT2D eigenvalue weighted by Gasteiger charge is 2.25. The molecule has 0 bridgehead atoms. The lowest BCUT2D eigenvalue weighted by atomic mass is 10.1. The van der Waals surface area contributed by atoms with Gasteiger partial charge in [-0.15, -0.1) is 0 Å². The van der Waals surface area contributed by atoms with Crippen LogP contribution in [0.5, 0.6) is 0 Å². The number of fused-ring (bicyclic) bond motifs is 1. The molecule has 0 spiro atoms. The van der Waals surface area contributed by atoms with Crippen LogP contribution in [0.2, 0.25) is 0 Å². The fraction of sp³-hybridized carbons (Fsp3) is 0.409. The Morgan fingerprint density at radius 3 is 2.76 bits per heavy atom. The summed E-state index contributed by atoms with van der Waals surface area (Å²) in [7, 11) is 0. The number of anilines is 2. The molecule has 3 aromatic rings. The summed E-state index contributed by atoms with van der Waals surface area (Å²) in [6, 6.07) is 7.61. The molecule has 29 heavy (non-hydrogen) atoms. The zero-order valence-electron chi connectivity index (χ0n) is 16.6. The number of nitrogens with zero attached hydrogens (tertiary/aromatic N) is 3. The summed E-state index contributed by atoms with van der Waals surface area (Å²) in [4.78, 5) is 29.8. The van der Waals surface area contributed by atoms with E-state index in [1.807, 2.05) is 40.8 Å². The SMILES string of the molecule is Cc1cc(Nc2nn(CC3CC3)c3cc[nH]c(=O)c23)ccc1C(=O)N1CCCC1. The number of likely N-dealkylation sites (tertiary alicyclic amines) is 1. The first-order valence-corrected chi connectivity index (χ1v) is 10.4. The van der Waals surface area contributed by atoms with E-state index in [-0.39, 0.29) is 11.5 Å². The number of amides is 1. The maximum atomic E-state index is 12.7. The summed E-state index contributed by atoms with van der Waals surface area (Å²) in [6.45, 7) is 4.46. The molecule has 0 atom stereocenters. The topological polar surface area (TPSA) is 83.0 Å². The first kappa shape index (κ1) is 18.0. The van der Waals surface area contributed by atoms with E-state index >= 15 is 0 Å². The third kappa shape index (κ3) is 3.41. The summed E-state index contributed by atoms with van der Waals surface area (Å²) >= 11 is 0. The van der Waals surface area contributed by atoms with Gasteiger partial charge >= 0.3 is 0 Å². The average Bonchev–Trinajstić information content (AvgIpc) is 3.22. The van der Waals surface area contributed by atoms with Gasteiger partial charge < -0.3 is 15.2 Å². The number of hydrogen-bond donors (Lipinski definition) is 2. The molecule has 150 valence electrons. The number of nitrogens with one attached hydrogen (secondary N) is 2. The molecule has 2 N–H and O–H groups in total. The number of rotatable bonds is 5. The number of H-pyrrole nitrogens is 1. The Labute approximate surface area is 168 Å². The molecule has 0 radical (unpaired) electrons. The average molecular weight is 391 g/mol. The number of hydrogen-bond acceptors (Lipinski definition) is 4. The molecule has 2 aromatic heterocycles. The van der Waals surface area contributed by atoms with Crippen molar-refractivity contribution in [3.63, 3.8) is 0 Å². The van der Waals surface area contributed by atoms with Crippen LogP contribution in [0.15, 0.2) is 35.3 Å². The first-order chi connectivity index (χ1) is 14.1. The maximum Gasteiger partial charge on any atom is 0.261 e. The molecule has 2 aliphatic rings. The van der Waals surface area contributed by atoms with Crippen LogP contribution >= 0.6 is 0 Å². The molecule has 0 unspecified atom stereocenters. The number of aromatic nitrogens is 3. The molecular weight excluding hydrogens is 366 g/mol. The molecule has 1 aliphatic carbocycles. The molecular formula is C22H25N5O2. The van der Waals surface area contributed by atoms with E-state index in [4.69, 9.17) is 0 Å². The van der Waals surface area contributed by atoms with Gasteiger partial charge in [-0.05, 0) is 68.4 Å². The van der Waals surface area contributed by atoms with Crippen molar-refractivity contribution in [1.82, 2.24) is 19.7 Å². The van der Waals surface area contributed by atoms with E-state index < -0.39 is 0 Å². The molecule has 7 heteroatoms. The Morgan fingerprint density at radius 1 is 1.24 bits per heavy atom. The predicted molar refractivity (Wildman–Crippen MR) is 113 cm³/mol. The highest BCUT2D eigenvalue weighted by atomic mass is 16.2. The Morgan fingerprint density at radius 2 is 2.03 bits per heavy atom. The van der Waals surface area contributed by atoms with Gasteiger partial charge in [-0.25, -0.2) is 0 Å². The number of aryl methyl sites for hydroxylation is 1. The Hall–Kier alpha value is -3.09. The summed E-state index contributed by atoms with van der Waals surface area (Å²) in [6.07, 6.45) is 6.27. The molecule has 3 heterocycles. The van der Waals surface area contributed by atoms with Gasteiger partial charge in [-0.2, -0.15) is 5.10 Å². The molecule has 2 fully saturated rings. The largest absolute Gasteiger partial charge is 0.339 e. The molecule has 1 saturated carbocycles. The van der Waals surface area contributed by atoms with E-state index in [1.54, 1.807) is 6.20 Å². The zero-order valence-corrected chi connectivity index (χ0v) is 16.6. The van der Waals surface area contributed by atoms with Gasteiger partial charge in [0, 0.05) is 37.1 Å². The van der Waals surface area contributed by atoms with Crippen molar-refractivity contribution in [3.8, 4) is 0 Å². The van der Waals surface area contributed by atoms with E-state index in [9.17, 15) is 9.59 Å². The molecule has 1 aliphatic heterocycles. The third-order valence-corrected chi connectivity index (χ3v) is 5.92. The number of pyridine rings is 1. The van der Waals surface area contributed by atoms with Crippen LogP contribution in [0.3, 0.4) is 0 Å². The Balaban J connectivity index is 1.45. The van der Waals surface area contributed by atoms with Gasteiger partial charge in [-0.1, -0.05) is 0 Å². The van der Waals surface area contributed by atoms with Crippen LogP contribution in [-0.2, 0) is 6.54 Å². The normalized spacial score (nSPS) is 16.5. The van der Waals surface area contributed by atoms with Gasteiger partial charge in [0.25, 0.3) is 11.5 Å². The van der Waals surface area contributed by atoms with Gasteiger partial charge in [0.1, 0.15) is 5.39 Å². The van der Waals surface area contributed by atoms with Crippen LogP contribution in [-0.4, -0.2) is 38.7 Å². The molecule has 1 saturated heterocycles. The van der Waals surface area contributed by atoms with Crippen LogP contribution in [0, 0.1) is 12.8 Å². The Kier molecular flexibility index (Phi) is 4.38. The summed E-state index contributed by atoms with van der Waals surface area (Å²) in [5.74, 6) is 1.31. The molecule has 5 rings (SSSR count). The summed E-state index contributed by atoms with van der Waals surface area (Å²) < 4.78 is 1.93.